The molecule has 0 bridgehead atoms. The molecule has 0 unspecified atom stereocenters. The van der Waals surface area contributed by atoms with E-state index < -0.39 is 23.8 Å². The molecule has 21 heavy (non-hydrogen) atoms. The van der Waals surface area contributed by atoms with Crippen molar-refractivity contribution < 1.29 is 19.1 Å². The third-order valence-electron chi connectivity index (χ3n) is 3.29. The number of hydrogen-bond acceptors (Lipinski definition) is 4. The lowest BCUT2D eigenvalue weighted by Gasteiger charge is -2.22. The summed E-state index contributed by atoms with van der Waals surface area (Å²) >= 11 is 0. The van der Waals surface area contributed by atoms with E-state index in [2.05, 4.69) is 10.3 Å². The fraction of sp³-hybridized carbons (Fsp3) is 0.267. The summed E-state index contributed by atoms with van der Waals surface area (Å²) in [5, 5.41) is 11.9. The zero-order valence-corrected chi connectivity index (χ0v) is 11.7. The molecule has 2 N–H and O–H groups in total. The number of rotatable bonds is 5. The minimum Gasteiger partial charge on any atom is -0.481 e. The smallest absolute Gasteiger partial charge is 0.308 e. The minimum absolute atomic E-state index is 0.161. The van der Waals surface area contributed by atoms with Gasteiger partial charge in [-0.05, 0) is 19.4 Å². The minimum atomic E-state index is -0.985. The van der Waals surface area contributed by atoms with E-state index in [1.807, 2.05) is 6.07 Å². The molecule has 1 heterocycles. The van der Waals surface area contributed by atoms with Crippen molar-refractivity contribution in [2.75, 3.05) is 0 Å². The number of benzene rings is 1. The number of carboxylic acids is 1. The Labute approximate surface area is 121 Å². The molecule has 0 spiro atoms. The van der Waals surface area contributed by atoms with Gasteiger partial charge in [0.2, 0.25) is 0 Å². The molecule has 1 aromatic carbocycles. The Bertz CT molecular complexity index is 636. The van der Waals surface area contributed by atoms with Crippen LogP contribution in [0.25, 0.3) is 0 Å². The van der Waals surface area contributed by atoms with Crippen LogP contribution in [-0.2, 0) is 4.79 Å². The van der Waals surface area contributed by atoms with Gasteiger partial charge in [0.1, 0.15) is 5.76 Å². The van der Waals surface area contributed by atoms with Gasteiger partial charge in [-0.3, -0.25) is 9.59 Å². The summed E-state index contributed by atoms with van der Waals surface area (Å²) in [5.41, 5.74) is 0.885. The molecule has 1 amide bonds. The van der Waals surface area contributed by atoms with E-state index in [9.17, 15) is 14.7 Å². The van der Waals surface area contributed by atoms with Crippen LogP contribution < -0.4 is 5.32 Å². The second-order valence-electron chi connectivity index (χ2n) is 4.75. The van der Waals surface area contributed by atoms with Gasteiger partial charge in [-0.25, -0.2) is 4.98 Å². The number of aryl methyl sites for hydroxylation is 1. The van der Waals surface area contributed by atoms with E-state index in [0.29, 0.717) is 5.76 Å². The number of oxazole rings is 1. The number of amides is 1. The predicted octanol–water partition coefficient (Wildman–Crippen LogP) is 2.17. The third kappa shape index (κ3) is 3.28. The van der Waals surface area contributed by atoms with Gasteiger partial charge in [-0.15, -0.1) is 0 Å². The van der Waals surface area contributed by atoms with Crippen LogP contribution in [0.2, 0.25) is 0 Å². The zero-order chi connectivity index (χ0) is 15.4. The molecule has 0 aliphatic rings. The van der Waals surface area contributed by atoms with Gasteiger partial charge < -0.3 is 14.8 Å². The fourth-order valence-electron chi connectivity index (χ4n) is 2.03. The average Bonchev–Trinajstić information content (AvgIpc) is 2.91. The summed E-state index contributed by atoms with van der Waals surface area (Å²) in [6, 6.07) is 8.33. The normalized spacial score (nSPS) is 13.4. The van der Waals surface area contributed by atoms with Gasteiger partial charge in [0, 0.05) is 0 Å². The van der Waals surface area contributed by atoms with Crippen LogP contribution in [0, 0.1) is 12.8 Å². The molecule has 110 valence electrons. The molecule has 0 fully saturated rings. The van der Waals surface area contributed by atoms with Gasteiger partial charge >= 0.3 is 5.97 Å². The first-order valence-electron chi connectivity index (χ1n) is 6.49. The largest absolute Gasteiger partial charge is 0.481 e. The monoisotopic (exact) mass is 288 g/mol. The second-order valence-corrected chi connectivity index (χ2v) is 4.75. The second kappa shape index (κ2) is 6.21. The molecule has 0 radical (unpaired) electrons. The summed E-state index contributed by atoms with van der Waals surface area (Å²) in [6.07, 6.45) is 1.18. The van der Waals surface area contributed by atoms with Crippen molar-refractivity contribution in [3.05, 3.63) is 53.7 Å². The standard InChI is InChI=1S/C15H16N2O4/c1-9(15(19)20)12(11-6-4-3-5-7-11)17-14(18)13-10(2)21-8-16-13/h3-9,12H,1-2H3,(H,17,18)(H,19,20)/t9-,12+/m1/s1. The molecule has 0 aliphatic carbocycles. The van der Waals surface area contributed by atoms with Crippen molar-refractivity contribution in [1.29, 1.82) is 0 Å². The highest BCUT2D eigenvalue weighted by Crippen LogP contribution is 2.23. The molecular formula is C15H16N2O4. The number of aromatic nitrogens is 1. The van der Waals surface area contributed by atoms with Crippen molar-refractivity contribution >= 4 is 11.9 Å². The number of hydrogen-bond donors (Lipinski definition) is 2. The number of nitrogens with one attached hydrogen (secondary N) is 1. The lowest BCUT2D eigenvalue weighted by atomic mass is 9.94. The Balaban J connectivity index is 2.27. The van der Waals surface area contributed by atoms with E-state index in [1.165, 1.54) is 6.39 Å². The Morgan fingerprint density at radius 1 is 1.29 bits per heavy atom. The molecule has 0 saturated heterocycles. The van der Waals surface area contributed by atoms with Crippen molar-refractivity contribution in [3.63, 3.8) is 0 Å². The van der Waals surface area contributed by atoms with E-state index in [4.69, 9.17) is 4.42 Å². The van der Waals surface area contributed by atoms with Crippen LogP contribution in [0.4, 0.5) is 0 Å². The first kappa shape index (κ1) is 14.8. The SMILES string of the molecule is Cc1ocnc1C(=O)N[C@H](c1ccccc1)[C@@H](C)C(=O)O. The van der Waals surface area contributed by atoms with Crippen molar-refractivity contribution in [2.45, 2.75) is 19.9 Å². The van der Waals surface area contributed by atoms with Crippen LogP contribution in [-0.4, -0.2) is 22.0 Å². The maximum absolute atomic E-state index is 12.2. The zero-order valence-electron chi connectivity index (χ0n) is 11.7. The highest BCUT2D eigenvalue weighted by molar-refractivity contribution is 5.93. The first-order valence-corrected chi connectivity index (χ1v) is 6.49. The predicted molar refractivity (Wildman–Crippen MR) is 74.7 cm³/mol. The third-order valence-corrected chi connectivity index (χ3v) is 3.29. The summed E-state index contributed by atoms with van der Waals surface area (Å²) in [6.45, 7) is 3.18. The number of carboxylic acid groups (broad SMARTS) is 1. The molecule has 6 nitrogen and oxygen atoms in total. The summed E-state index contributed by atoms with van der Waals surface area (Å²) in [5.74, 6) is -1.82. The van der Waals surface area contributed by atoms with Crippen LogP contribution >= 0.6 is 0 Å². The lowest BCUT2D eigenvalue weighted by molar-refractivity contribution is -0.142. The highest BCUT2D eigenvalue weighted by Gasteiger charge is 2.28. The number of carbonyl (C=O) groups excluding carboxylic acids is 1. The average molecular weight is 288 g/mol. The number of nitrogens with zero attached hydrogens (tertiary/aromatic N) is 1. The van der Waals surface area contributed by atoms with Crippen LogP contribution in [0.5, 0.6) is 0 Å². The van der Waals surface area contributed by atoms with E-state index in [1.54, 1.807) is 38.1 Å². The van der Waals surface area contributed by atoms with E-state index >= 15 is 0 Å². The van der Waals surface area contributed by atoms with Gasteiger partial charge in [-0.2, -0.15) is 0 Å². The first-order chi connectivity index (χ1) is 10.0. The number of aliphatic carboxylic acids is 1. The molecule has 2 atom stereocenters. The Hall–Kier alpha value is -2.63. The van der Waals surface area contributed by atoms with Gasteiger partial charge in [0.15, 0.2) is 12.1 Å². The maximum atomic E-state index is 12.2. The fourth-order valence-corrected chi connectivity index (χ4v) is 2.03. The van der Waals surface area contributed by atoms with Gasteiger partial charge in [0.05, 0.1) is 12.0 Å². The van der Waals surface area contributed by atoms with Crippen molar-refractivity contribution in [1.82, 2.24) is 10.3 Å². The van der Waals surface area contributed by atoms with Crippen molar-refractivity contribution in [2.24, 2.45) is 5.92 Å². The topological polar surface area (TPSA) is 92.4 Å². The van der Waals surface area contributed by atoms with Gasteiger partial charge in [0.25, 0.3) is 5.91 Å². The van der Waals surface area contributed by atoms with E-state index in [-0.39, 0.29) is 5.69 Å². The lowest BCUT2D eigenvalue weighted by Crippen LogP contribution is -2.36. The molecule has 6 heteroatoms. The summed E-state index contributed by atoms with van der Waals surface area (Å²) in [4.78, 5) is 27.3. The number of carbonyl (C=O) groups is 2. The van der Waals surface area contributed by atoms with Crippen LogP contribution in [0.1, 0.15) is 34.8 Å². The molecular weight excluding hydrogens is 272 g/mol. The van der Waals surface area contributed by atoms with Crippen molar-refractivity contribution in [3.8, 4) is 0 Å². The van der Waals surface area contributed by atoms with E-state index in [0.717, 1.165) is 5.56 Å². The van der Waals surface area contributed by atoms with Gasteiger partial charge in [-0.1, -0.05) is 30.3 Å². The molecule has 2 aromatic rings. The quantitative estimate of drug-likeness (QED) is 0.879. The Morgan fingerprint density at radius 2 is 1.95 bits per heavy atom. The molecule has 2 rings (SSSR count). The summed E-state index contributed by atoms with van der Waals surface area (Å²) in [7, 11) is 0. The Morgan fingerprint density at radius 3 is 2.48 bits per heavy atom. The highest BCUT2D eigenvalue weighted by atomic mass is 16.4. The molecule has 1 aromatic heterocycles. The van der Waals surface area contributed by atoms with Crippen LogP contribution in [0.3, 0.4) is 0 Å². The van der Waals surface area contributed by atoms with Crippen LogP contribution in [0.15, 0.2) is 41.1 Å². The molecule has 0 saturated carbocycles. The Kier molecular flexibility index (Phi) is 4.37. The maximum Gasteiger partial charge on any atom is 0.308 e. The summed E-state index contributed by atoms with van der Waals surface area (Å²) < 4.78 is 4.99. The molecule has 0 aliphatic heterocycles.